The van der Waals surface area contributed by atoms with Gasteiger partial charge < -0.3 is 10.1 Å². The van der Waals surface area contributed by atoms with Crippen LogP contribution in [-0.2, 0) is 0 Å². The van der Waals surface area contributed by atoms with Crippen LogP contribution in [0.25, 0.3) is 0 Å². The summed E-state index contributed by atoms with van der Waals surface area (Å²) < 4.78 is 5.36. The van der Waals surface area contributed by atoms with Crippen molar-refractivity contribution in [2.45, 2.75) is 6.92 Å². The Morgan fingerprint density at radius 3 is 2.79 bits per heavy atom. The number of hydrogen-bond donors (Lipinski definition) is 2. The Balaban J connectivity index is 0.00000180. The summed E-state index contributed by atoms with van der Waals surface area (Å²) in [7, 11) is 3.38. The summed E-state index contributed by atoms with van der Waals surface area (Å²) >= 11 is 0. The van der Waals surface area contributed by atoms with Crippen molar-refractivity contribution >= 4 is 35.6 Å². The summed E-state index contributed by atoms with van der Waals surface area (Å²) in [6.45, 7) is 2.82. The van der Waals surface area contributed by atoms with Crippen molar-refractivity contribution in [3.63, 3.8) is 0 Å². The van der Waals surface area contributed by atoms with Crippen molar-refractivity contribution in [3.05, 3.63) is 29.8 Å². The van der Waals surface area contributed by atoms with Gasteiger partial charge in [-0.1, -0.05) is 19.1 Å². The van der Waals surface area contributed by atoms with Crippen LogP contribution in [-0.4, -0.2) is 37.4 Å². The van der Waals surface area contributed by atoms with Gasteiger partial charge in [-0.3, -0.25) is 5.41 Å². The molecule has 1 aromatic carbocycles. The summed E-state index contributed by atoms with van der Waals surface area (Å²) in [5.74, 6) is 1.41. The van der Waals surface area contributed by atoms with Crippen molar-refractivity contribution < 1.29 is 4.74 Å². The third-order valence-corrected chi connectivity index (χ3v) is 3.02. The highest BCUT2D eigenvalue weighted by atomic mass is 127. The van der Waals surface area contributed by atoms with Crippen LogP contribution in [0, 0.1) is 11.3 Å². The van der Waals surface area contributed by atoms with E-state index in [0.29, 0.717) is 12.5 Å². The second-order valence-corrected chi connectivity index (χ2v) is 4.27. The predicted octanol–water partition coefficient (Wildman–Crippen LogP) is 2.12. The number of guanidine groups is 1. The van der Waals surface area contributed by atoms with Gasteiger partial charge in [0, 0.05) is 18.5 Å². The van der Waals surface area contributed by atoms with E-state index < -0.39 is 0 Å². The lowest BCUT2D eigenvalue weighted by molar-refractivity contribution is 0.413. The van der Waals surface area contributed by atoms with Crippen LogP contribution in [0.5, 0.6) is 5.75 Å². The molecule has 0 spiro atoms. The molecular formula is C13H19IN4O. The Morgan fingerprint density at radius 2 is 2.16 bits per heavy atom. The van der Waals surface area contributed by atoms with Crippen LogP contribution in [0.3, 0.4) is 0 Å². The van der Waals surface area contributed by atoms with E-state index in [1.807, 2.05) is 24.3 Å². The molecule has 0 radical (unpaired) electrons. The maximum absolute atomic E-state index is 7.75. The van der Waals surface area contributed by atoms with E-state index in [1.165, 1.54) is 0 Å². The number of methoxy groups -OCH3 is 1. The Bertz CT molecular complexity index is 489. The first-order valence-corrected chi connectivity index (χ1v) is 5.93. The molecule has 2 N–H and O–H groups in total. The molecule has 0 fully saturated rings. The molecule has 0 amide bonds. The zero-order valence-corrected chi connectivity index (χ0v) is 13.6. The average molecular weight is 374 g/mol. The van der Waals surface area contributed by atoms with Crippen LogP contribution >= 0.6 is 24.0 Å². The molecule has 0 bridgehead atoms. The third-order valence-electron chi connectivity index (χ3n) is 3.02. The molecule has 1 aliphatic rings. The van der Waals surface area contributed by atoms with Crippen LogP contribution in [0.15, 0.2) is 29.4 Å². The summed E-state index contributed by atoms with van der Waals surface area (Å²) in [6, 6.07) is 7.84. The number of nitrogens with zero attached hydrogens (tertiary/aromatic N) is 2. The second kappa shape index (κ2) is 6.74. The van der Waals surface area contributed by atoms with Gasteiger partial charge in [0.05, 0.1) is 19.4 Å². The van der Waals surface area contributed by atoms with Gasteiger partial charge in [0.15, 0.2) is 0 Å². The number of hydrazone groups is 1. The van der Waals surface area contributed by atoms with E-state index in [2.05, 4.69) is 17.3 Å². The number of nitrogens with one attached hydrogen (secondary N) is 2. The average Bonchev–Trinajstić information content (AvgIpc) is 2.79. The van der Waals surface area contributed by atoms with E-state index >= 15 is 0 Å². The highest BCUT2D eigenvalue weighted by Crippen LogP contribution is 2.25. The minimum absolute atomic E-state index is 0. The molecule has 0 aliphatic carbocycles. The number of para-hydroxylation sites is 1. The molecule has 1 atom stereocenters. The minimum Gasteiger partial charge on any atom is -0.496 e. The van der Waals surface area contributed by atoms with E-state index in [9.17, 15) is 0 Å². The van der Waals surface area contributed by atoms with Crippen molar-refractivity contribution in [3.8, 4) is 5.75 Å². The lowest BCUT2D eigenvalue weighted by atomic mass is 9.99. The number of hydrogen-bond acceptors (Lipinski definition) is 3. The number of benzene rings is 1. The fraction of sp³-hybridized carbons (Fsp3) is 0.385. The van der Waals surface area contributed by atoms with Gasteiger partial charge >= 0.3 is 0 Å². The van der Waals surface area contributed by atoms with Crippen LogP contribution in [0.4, 0.5) is 0 Å². The Hall–Kier alpha value is -1.31. The molecule has 1 aromatic rings. The summed E-state index contributed by atoms with van der Waals surface area (Å²) in [5, 5.41) is 16.7. The van der Waals surface area contributed by atoms with Crippen molar-refractivity contribution in [1.29, 1.82) is 5.41 Å². The quantitative estimate of drug-likeness (QED) is 0.474. The highest BCUT2D eigenvalue weighted by Gasteiger charge is 2.27. The van der Waals surface area contributed by atoms with Gasteiger partial charge in [0.2, 0.25) is 5.96 Å². The highest BCUT2D eigenvalue weighted by molar-refractivity contribution is 14.0. The molecule has 1 unspecified atom stereocenters. The van der Waals surface area contributed by atoms with Gasteiger partial charge in [-0.25, -0.2) is 5.01 Å². The Morgan fingerprint density at radius 1 is 1.47 bits per heavy atom. The first kappa shape index (κ1) is 15.7. The molecule has 0 saturated carbocycles. The van der Waals surface area contributed by atoms with Crippen LogP contribution in [0.1, 0.15) is 12.5 Å². The van der Waals surface area contributed by atoms with Crippen molar-refractivity contribution in [1.82, 2.24) is 10.3 Å². The Kier molecular flexibility index (Phi) is 5.59. The normalized spacial score (nSPS) is 17.5. The molecule has 6 heteroatoms. The van der Waals surface area contributed by atoms with Crippen molar-refractivity contribution in [2.75, 3.05) is 20.7 Å². The lowest BCUT2D eigenvalue weighted by Gasteiger charge is -2.13. The van der Waals surface area contributed by atoms with Gasteiger partial charge in [-0.2, -0.15) is 5.10 Å². The van der Waals surface area contributed by atoms with Gasteiger partial charge in [-0.05, 0) is 12.1 Å². The Labute approximate surface area is 130 Å². The maximum atomic E-state index is 7.75. The molecule has 1 aliphatic heterocycles. The molecule has 0 saturated heterocycles. The molecule has 2 rings (SSSR count). The molecule has 19 heavy (non-hydrogen) atoms. The summed E-state index contributed by atoms with van der Waals surface area (Å²) in [6.07, 6.45) is 0. The molecule has 104 valence electrons. The van der Waals surface area contributed by atoms with Gasteiger partial charge in [0.1, 0.15) is 5.75 Å². The summed E-state index contributed by atoms with van der Waals surface area (Å²) in [4.78, 5) is 0. The predicted molar refractivity (Wildman–Crippen MR) is 87.6 cm³/mol. The van der Waals surface area contributed by atoms with Gasteiger partial charge in [0.25, 0.3) is 0 Å². The monoisotopic (exact) mass is 374 g/mol. The molecule has 0 aromatic heterocycles. The zero-order chi connectivity index (χ0) is 13.1. The third kappa shape index (κ3) is 3.17. The molecule has 5 nitrogen and oxygen atoms in total. The maximum Gasteiger partial charge on any atom is 0.211 e. The summed E-state index contributed by atoms with van der Waals surface area (Å²) in [5.41, 5.74) is 1.96. The van der Waals surface area contributed by atoms with E-state index in [4.69, 9.17) is 10.1 Å². The molecular weight excluding hydrogens is 355 g/mol. The first-order chi connectivity index (χ1) is 8.67. The fourth-order valence-corrected chi connectivity index (χ4v) is 2.06. The molecule has 1 heterocycles. The van der Waals surface area contributed by atoms with Crippen LogP contribution < -0.4 is 10.1 Å². The van der Waals surface area contributed by atoms with Gasteiger partial charge in [-0.15, -0.1) is 24.0 Å². The lowest BCUT2D eigenvalue weighted by Crippen LogP contribution is -2.34. The first-order valence-electron chi connectivity index (χ1n) is 5.93. The minimum atomic E-state index is 0. The fourth-order valence-electron chi connectivity index (χ4n) is 2.06. The van der Waals surface area contributed by atoms with Crippen molar-refractivity contribution in [2.24, 2.45) is 11.0 Å². The van der Waals surface area contributed by atoms with Crippen LogP contribution in [0.2, 0.25) is 0 Å². The number of halogens is 1. The largest absolute Gasteiger partial charge is 0.496 e. The standard InChI is InChI=1S/C13H18N4O.HI/c1-9-8-17(13(14)15-2)16-12(9)10-6-4-5-7-11(10)18-3;/h4-7,9H,8H2,1-3H3,(H2,14,15);1H. The zero-order valence-electron chi connectivity index (χ0n) is 11.3. The SMILES string of the molecule is CNC(=N)N1CC(C)C(c2ccccc2OC)=N1.I. The van der Waals surface area contributed by atoms with E-state index in [0.717, 1.165) is 17.0 Å². The van der Waals surface area contributed by atoms with E-state index in [1.54, 1.807) is 19.2 Å². The number of rotatable bonds is 2. The smallest absolute Gasteiger partial charge is 0.211 e. The second-order valence-electron chi connectivity index (χ2n) is 4.27. The number of ether oxygens (including phenoxy) is 1. The van der Waals surface area contributed by atoms with E-state index in [-0.39, 0.29) is 29.9 Å². The topological polar surface area (TPSA) is 60.7 Å².